The highest BCUT2D eigenvalue weighted by atomic mass is 19.1. The average molecular weight is 372 g/mol. The molecule has 0 bridgehead atoms. The summed E-state index contributed by atoms with van der Waals surface area (Å²) in [5.41, 5.74) is 1.60. The summed E-state index contributed by atoms with van der Waals surface area (Å²) in [6.45, 7) is 2.10. The van der Waals surface area contributed by atoms with Crippen LogP contribution in [0.25, 0.3) is 0 Å². The number of nitrogens with zero attached hydrogens (tertiary/aromatic N) is 1. The second-order valence-electron chi connectivity index (χ2n) is 6.21. The van der Waals surface area contributed by atoms with Crippen LogP contribution in [0, 0.1) is 5.82 Å². The van der Waals surface area contributed by atoms with Gasteiger partial charge in [-0.15, -0.1) is 0 Å². The van der Waals surface area contributed by atoms with Crippen molar-refractivity contribution in [3.63, 3.8) is 0 Å². The minimum absolute atomic E-state index is 0.165. The standard InChI is InChI=1S/C21H25FN2O3/c1-4-19(21(26)23-2)24(14-16-5-9-17(22)10-6-16)20(25)13-15-7-11-18(27-3)12-8-15/h5-12,19H,4,13-14H2,1-3H3,(H,23,26). The zero-order chi connectivity index (χ0) is 19.8. The molecule has 0 fully saturated rings. The van der Waals surface area contributed by atoms with Gasteiger partial charge in [-0.2, -0.15) is 0 Å². The number of carbonyl (C=O) groups is 2. The highest BCUT2D eigenvalue weighted by Crippen LogP contribution is 2.17. The van der Waals surface area contributed by atoms with Crippen molar-refractivity contribution in [1.82, 2.24) is 10.2 Å². The van der Waals surface area contributed by atoms with Crippen LogP contribution in [0.4, 0.5) is 4.39 Å². The summed E-state index contributed by atoms with van der Waals surface area (Å²) in [6, 6.07) is 12.6. The van der Waals surface area contributed by atoms with Gasteiger partial charge in [-0.25, -0.2) is 4.39 Å². The van der Waals surface area contributed by atoms with Crippen LogP contribution in [0.2, 0.25) is 0 Å². The summed E-state index contributed by atoms with van der Waals surface area (Å²) >= 11 is 0. The largest absolute Gasteiger partial charge is 0.497 e. The predicted octanol–water partition coefficient (Wildman–Crippen LogP) is 2.93. The minimum atomic E-state index is -0.592. The lowest BCUT2D eigenvalue weighted by Crippen LogP contribution is -2.48. The van der Waals surface area contributed by atoms with Crippen LogP contribution in [0.1, 0.15) is 24.5 Å². The second kappa shape index (κ2) is 9.71. The lowest BCUT2D eigenvalue weighted by molar-refractivity contribution is -0.140. The fourth-order valence-electron chi connectivity index (χ4n) is 2.89. The summed E-state index contributed by atoms with van der Waals surface area (Å²) < 4.78 is 18.3. The number of nitrogens with one attached hydrogen (secondary N) is 1. The molecule has 27 heavy (non-hydrogen) atoms. The van der Waals surface area contributed by atoms with Gasteiger partial charge in [0.2, 0.25) is 11.8 Å². The Balaban J connectivity index is 2.24. The number of hydrogen-bond donors (Lipinski definition) is 1. The number of methoxy groups -OCH3 is 1. The summed E-state index contributed by atoms with van der Waals surface area (Å²) in [5.74, 6) is -0.0120. The quantitative estimate of drug-likeness (QED) is 0.775. The van der Waals surface area contributed by atoms with E-state index in [4.69, 9.17) is 4.74 Å². The molecule has 0 aliphatic rings. The van der Waals surface area contributed by atoms with Gasteiger partial charge in [0.05, 0.1) is 13.5 Å². The van der Waals surface area contributed by atoms with E-state index in [1.165, 1.54) is 12.1 Å². The summed E-state index contributed by atoms with van der Waals surface area (Å²) in [6.07, 6.45) is 0.647. The molecule has 0 aliphatic heterocycles. The molecule has 2 rings (SSSR count). The Hall–Kier alpha value is -2.89. The molecule has 0 saturated carbocycles. The molecule has 6 heteroatoms. The number of benzene rings is 2. The van der Waals surface area contributed by atoms with Gasteiger partial charge in [-0.1, -0.05) is 31.2 Å². The summed E-state index contributed by atoms with van der Waals surface area (Å²) in [5, 5.41) is 2.62. The molecule has 1 atom stereocenters. The molecule has 0 aliphatic carbocycles. The highest BCUT2D eigenvalue weighted by Gasteiger charge is 2.28. The number of hydrogen-bond acceptors (Lipinski definition) is 3. The highest BCUT2D eigenvalue weighted by molar-refractivity contribution is 5.88. The maximum Gasteiger partial charge on any atom is 0.242 e. The molecule has 0 saturated heterocycles. The normalized spacial score (nSPS) is 11.6. The van der Waals surface area contributed by atoms with Gasteiger partial charge in [0, 0.05) is 13.6 Å². The molecule has 0 heterocycles. The van der Waals surface area contributed by atoms with E-state index in [1.54, 1.807) is 43.3 Å². The van der Waals surface area contributed by atoms with Gasteiger partial charge in [0.1, 0.15) is 17.6 Å². The smallest absolute Gasteiger partial charge is 0.242 e. The number of likely N-dealkylation sites (N-methyl/N-ethyl adjacent to an activating group) is 1. The molecule has 2 aromatic carbocycles. The first kappa shape index (κ1) is 20.4. The van der Waals surface area contributed by atoms with E-state index in [9.17, 15) is 14.0 Å². The number of ether oxygens (including phenoxy) is 1. The third kappa shape index (κ3) is 5.54. The Kier molecular flexibility index (Phi) is 7.34. The van der Waals surface area contributed by atoms with Gasteiger partial charge >= 0.3 is 0 Å². The first-order valence-corrected chi connectivity index (χ1v) is 8.87. The molecule has 1 unspecified atom stereocenters. The molecule has 0 aromatic heterocycles. The van der Waals surface area contributed by atoms with Gasteiger partial charge in [-0.05, 0) is 41.8 Å². The Bertz CT molecular complexity index is 760. The molecule has 1 N–H and O–H groups in total. The molecular formula is C21H25FN2O3. The van der Waals surface area contributed by atoms with Crippen LogP contribution >= 0.6 is 0 Å². The van der Waals surface area contributed by atoms with Crippen molar-refractivity contribution < 1.29 is 18.7 Å². The van der Waals surface area contributed by atoms with Gasteiger partial charge in [0.15, 0.2) is 0 Å². The number of carbonyl (C=O) groups excluding carboxylic acids is 2. The van der Waals surface area contributed by atoms with Crippen LogP contribution in [-0.4, -0.2) is 36.9 Å². The monoisotopic (exact) mass is 372 g/mol. The predicted molar refractivity (Wildman–Crippen MR) is 102 cm³/mol. The molecule has 5 nitrogen and oxygen atoms in total. The molecule has 0 spiro atoms. The maximum atomic E-state index is 13.2. The van der Waals surface area contributed by atoms with Crippen molar-refractivity contribution >= 4 is 11.8 Å². The van der Waals surface area contributed by atoms with Gasteiger partial charge in [-0.3, -0.25) is 9.59 Å². The van der Waals surface area contributed by atoms with Crippen LogP contribution in [-0.2, 0) is 22.6 Å². The van der Waals surface area contributed by atoms with E-state index >= 15 is 0 Å². The van der Waals surface area contributed by atoms with Crippen molar-refractivity contribution in [3.8, 4) is 5.75 Å². The topological polar surface area (TPSA) is 58.6 Å². The van der Waals surface area contributed by atoms with Crippen molar-refractivity contribution in [2.45, 2.75) is 32.4 Å². The Morgan fingerprint density at radius 2 is 1.67 bits per heavy atom. The van der Waals surface area contributed by atoms with E-state index in [1.807, 2.05) is 19.1 Å². The minimum Gasteiger partial charge on any atom is -0.497 e. The van der Waals surface area contributed by atoms with E-state index < -0.39 is 6.04 Å². The number of amides is 2. The van der Waals surface area contributed by atoms with Crippen LogP contribution < -0.4 is 10.1 Å². The zero-order valence-electron chi connectivity index (χ0n) is 15.9. The number of halogens is 1. The third-order valence-electron chi connectivity index (χ3n) is 4.41. The zero-order valence-corrected chi connectivity index (χ0v) is 15.9. The van der Waals surface area contributed by atoms with E-state index in [2.05, 4.69) is 5.32 Å². The van der Waals surface area contributed by atoms with E-state index in [-0.39, 0.29) is 30.6 Å². The SMILES string of the molecule is CCC(C(=O)NC)N(Cc1ccc(F)cc1)C(=O)Cc1ccc(OC)cc1. The summed E-state index contributed by atoms with van der Waals surface area (Å²) in [7, 11) is 3.13. The maximum absolute atomic E-state index is 13.2. The molecular weight excluding hydrogens is 347 g/mol. The Morgan fingerprint density at radius 1 is 1.07 bits per heavy atom. The molecule has 2 amide bonds. The van der Waals surface area contributed by atoms with Crippen molar-refractivity contribution in [1.29, 1.82) is 0 Å². The Labute approximate surface area is 159 Å². The average Bonchev–Trinajstić information content (AvgIpc) is 2.69. The van der Waals surface area contributed by atoms with Crippen molar-refractivity contribution in [2.75, 3.05) is 14.2 Å². The second-order valence-corrected chi connectivity index (χ2v) is 6.21. The summed E-state index contributed by atoms with van der Waals surface area (Å²) in [4.78, 5) is 26.8. The first-order valence-electron chi connectivity index (χ1n) is 8.87. The molecule has 0 radical (unpaired) electrons. The third-order valence-corrected chi connectivity index (χ3v) is 4.41. The molecule has 144 valence electrons. The van der Waals surface area contributed by atoms with Crippen LogP contribution in [0.15, 0.2) is 48.5 Å². The Morgan fingerprint density at radius 3 is 2.19 bits per heavy atom. The van der Waals surface area contributed by atoms with Crippen LogP contribution in [0.5, 0.6) is 5.75 Å². The van der Waals surface area contributed by atoms with Gasteiger partial charge in [0.25, 0.3) is 0 Å². The lowest BCUT2D eigenvalue weighted by atomic mass is 10.1. The van der Waals surface area contributed by atoms with E-state index in [0.717, 1.165) is 11.1 Å². The lowest BCUT2D eigenvalue weighted by Gasteiger charge is -2.30. The van der Waals surface area contributed by atoms with E-state index in [0.29, 0.717) is 12.2 Å². The fraction of sp³-hybridized carbons (Fsp3) is 0.333. The van der Waals surface area contributed by atoms with Crippen LogP contribution in [0.3, 0.4) is 0 Å². The van der Waals surface area contributed by atoms with Crippen molar-refractivity contribution in [3.05, 3.63) is 65.5 Å². The first-order chi connectivity index (χ1) is 13.0. The van der Waals surface area contributed by atoms with Crippen molar-refractivity contribution in [2.24, 2.45) is 0 Å². The number of rotatable bonds is 8. The van der Waals surface area contributed by atoms with Gasteiger partial charge < -0.3 is 15.0 Å². The fourth-order valence-corrected chi connectivity index (χ4v) is 2.89. The molecule has 2 aromatic rings.